The van der Waals surface area contributed by atoms with Crippen molar-refractivity contribution in [2.75, 3.05) is 6.54 Å². The molecule has 1 amide bonds. The first-order valence-corrected chi connectivity index (χ1v) is 9.20. The Balaban J connectivity index is 1.83. The molecule has 1 aromatic heterocycles. The molecule has 0 unspecified atom stereocenters. The zero-order valence-electron chi connectivity index (χ0n) is 13.7. The standard InChI is InChI=1S/C17H21N3O3S/c1-13-5-6-15(8-14(13)2)12-24(22,23)20-11-17(21)19-10-16-4-3-7-18-9-16/h3-9,20H,10-12H2,1-2H3,(H,19,21). The Hall–Kier alpha value is -2.25. The van der Waals surface area contributed by atoms with Gasteiger partial charge in [-0.25, -0.2) is 13.1 Å². The third-order valence-electron chi connectivity index (χ3n) is 3.59. The van der Waals surface area contributed by atoms with E-state index in [2.05, 4.69) is 15.0 Å². The van der Waals surface area contributed by atoms with E-state index >= 15 is 0 Å². The highest BCUT2D eigenvalue weighted by Crippen LogP contribution is 2.12. The van der Waals surface area contributed by atoms with Gasteiger partial charge in [-0.1, -0.05) is 24.3 Å². The summed E-state index contributed by atoms with van der Waals surface area (Å²) in [5.74, 6) is -0.535. The molecule has 0 saturated heterocycles. The number of nitrogens with zero attached hydrogens (tertiary/aromatic N) is 1. The van der Waals surface area contributed by atoms with Gasteiger partial charge in [0.25, 0.3) is 0 Å². The SMILES string of the molecule is Cc1ccc(CS(=O)(=O)NCC(=O)NCc2cccnc2)cc1C. The summed E-state index contributed by atoms with van der Waals surface area (Å²) in [7, 11) is -3.57. The van der Waals surface area contributed by atoms with Crippen molar-refractivity contribution in [2.24, 2.45) is 0 Å². The number of nitrogens with one attached hydrogen (secondary N) is 2. The first kappa shape index (κ1) is 18.1. The average molecular weight is 347 g/mol. The van der Waals surface area contributed by atoms with Crippen molar-refractivity contribution in [1.82, 2.24) is 15.0 Å². The van der Waals surface area contributed by atoms with Crippen molar-refractivity contribution in [1.29, 1.82) is 0 Å². The van der Waals surface area contributed by atoms with Crippen LogP contribution in [-0.4, -0.2) is 25.9 Å². The number of pyridine rings is 1. The predicted octanol–water partition coefficient (Wildman–Crippen LogP) is 1.43. The van der Waals surface area contributed by atoms with Gasteiger partial charge in [-0.3, -0.25) is 9.78 Å². The summed E-state index contributed by atoms with van der Waals surface area (Å²) in [6.07, 6.45) is 3.29. The van der Waals surface area contributed by atoms with Crippen LogP contribution in [0.25, 0.3) is 0 Å². The van der Waals surface area contributed by atoms with E-state index in [1.165, 1.54) is 0 Å². The minimum absolute atomic E-state index is 0.149. The lowest BCUT2D eigenvalue weighted by Crippen LogP contribution is -2.37. The van der Waals surface area contributed by atoms with Crippen LogP contribution in [0.4, 0.5) is 0 Å². The average Bonchev–Trinajstić information content (AvgIpc) is 2.55. The predicted molar refractivity (Wildman–Crippen MR) is 92.6 cm³/mol. The van der Waals surface area contributed by atoms with E-state index in [4.69, 9.17) is 0 Å². The molecule has 0 saturated carbocycles. The Morgan fingerprint density at radius 2 is 1.92 bits per heavy atom. The zero-order chi connectivity index (χ0) is 17.6. The van der Waals surface area contributed by atoms with Crippen LogP contribution in [0.2, 0.25) is 0 Å². The first-order chi connectivity index (χ1) is 11.4. The Kier molecular flexibility index (Phi) is 6.05. The van der Waals surface area contributed by atoms with Gasteiger partial charge >= 0.3 is 0 Å². The summed E-state index contributed by atoms with van der Waals surface area (Å²) in [6.45, 7) is 3.93. The Morgan fingerprint density at radius 1 is 1.12 bits per heavy atom. The normalized spacial score (nSPS) is 11.2. The van der Waals surface area contributed by atoms with E-state index in [9.17, 15) is 13.2 Å². The number of carbonyl (C=O) groups excluding carboxylic acids is 1. The van der Waals surface area contributed by atoms with Gasteiger partial charge < -0.3 is 5.32 Å². The van der Waals surface area contributed by atoms with Crippen molar-refractivity contribution < 1.29 is 13.2 Å². The van der Waals surface area contributed by atoms with Crippen LogP contribution in [0.3, 0.4) is 0 Å². The van der Waals surface area contributed by atoms with Crippen molar-refractivity contribution in [3.8, 4) is 0 Å². The summed E-state index contributed by atoms with van der Waals surface area (Å²) < 4.78 is 26.5. The van der Waals surface area contributed by atoms with Gasteiger partial charge in [0, 0.05) is 18.9 Å². The van der Waals surface area contributed by atoms with Crippen molar-refractivity contribution in [3.05, 3.63) is 65.0 Å². The minimum Gasteiger partial charge on any atom is -0.351 e. The second-order valence-electron chi connectivity index (χ2n) is 5.64. The van der Waals surface area contributed by atoms with Gasteiger partial charge in [0.05, 0.1) is 12.3 Å². The summed E-state index contributed by atoms with van der Waals surface area (Å²) in [5.41, 5.74) is 3.70. The molecule has 0 aliphatic rings. The van der Waals surface area contributed by atoms with Crippen LogP contribution in [0, 0.1) is 13.8 Å². The van der Waals surface area contributed by atoms with E-state index in [1.807, 2.05) is 32.0 Å². The number of amides is 1. The molecular formula is C17H21N3O3S. The zero-order valence-corrected chi connectivity index (χ0v) is 14.6. The summed E-state index contributed by atoms with van der Waals surface area (Å²) in [5, 5.41) is 2.65. The fraction of sp³-hybridized carbons (Fsp3) is 0.294. The highest BCUT2D eigenvalue weighted by Gasteiger charge is 2.13. The summed E-state index contributed by atoms with van der Waals surface area (Å²) in [4.78, 5) is 15.7. The maximum atomic E-state index is 12.1. The molecule has 24 heavy (non-hydrogen) atoms. The van der Waals surface area contributed by atoms with Crippen LogP contribution in [-0.2, 0) is 27.1 Å². The molecule has 0 aliphatic heterocycles. The molecule has 1 aromatic carbocycles. The molecule has 0 spiro atoms. The fourth-order valence-corrected chi connectivity index (χ4v) is 3.18. The Morgan fingerprint density at radius 3 is 2.58 bits per heavy atom. The third-order valence-corrected chi connectivity index (χ3v) is 4.89. The van der Waals surface area contributed by atoms with Crippen LogP contribution < -0.4 is 10.0 Å². The van der Waals surface area contributed by atoms with Gasteiger partial charge in [0.2, 0.25) is 15.9 Å². The van der Waals surface area contributed by atoms with Crippen LogP contribution in [0.5, 0.6) is 0 Å². The number of aromatic nitrogens is 1. The van der Waals surface area contributed by atoms with Gasteiger partial charge in [0.15, 0.2) is 0 Å². The highest BCUT2D eigenvalue weighted by molar-refractivity contribution is 7.88. The maximum Gasteiger partial charge on any atom is 0.235 e. The maximum absolute atomic E-state index is 12.1. The molecule has 0 atom stereocenters. The Labute approximate surface area is 142 Å². The molecule has 2 N–H and O–H groups in total. The first-order valence-electron chi connectivity index (χ1n) is 7.55. The fourth-order valence-electron chi connectivity index (χ4n) is 2.11. The Bertz CT molecular complexity index is 805. The van der Waals surface area contributed by atoms with Crippen LogP contribution in [0.15, 0.2) is 42.7 Å². The molecule has 128 valence electrons. The van der Waals surface area contributed by atoms with Gasteiger partial charge in [-0.15, -0.1) is 0 Å². The van der Waals surface area contributed by atoms with Crippen LogP contribution in [0.1, 0.15) is 22.3 Å². The van der Waals surface area contributed by atoms with E-state index in [1.54, 1.807) is 24.5 Å². The third kappa shape index (κ3) is 5.75. The second kappa shape index (κ2) is 8.03. The van der Waals surface area contributed by atoms with Crippen molar-refractivity contribution in [3.63, 3.8) is 0 Å². The smallest absolute Gasteiger partial charge is 0.235 e. The van der Waals surface area contributed by atoms with Gasteiger partial charge in [-0.2, -0.15) is 0 Å². The van der Waals surface area contributed by atoms with Gasteiger partial charge in [-0.05, 0) is 42.2 Å². The van der Waals surface area contributed by atoms with Crippen molar-refractivity contribution >= 4 is 15.9 Å². The van der Waals surface area contributed by atoms with E-state index < -0.39 is 10.0 Å². The number of sulfonamides is 1. The lowest BCUT2D eigenvalue weighted by atomic mass is 10.1. The summed E-state index contributed by atoms with van der Waals surface area (Å²) >= 11 is 0. The lowest BCUT2D eigenvalue weighted by Gasteiger charge is -2.09. The minimum atomic E-state index is -3.57. The molecule has 0 bridgehead atoms. The molecule has 2 aromatic rings. The number of aryl methyl sites for hydroxylation is 2. The molecule has 2 rings (SSSR count). The lowest BCUT2D eigenvalue weighted by molar-refractivity contribution is -0.120. The highest BCUT2D eigenvalue weighted by atomic mass is 32.2. The number of hydrogen-bond acceptors (Lipinski definition) is 4. The number of carbonyl (C=O) groups is 1. The van der Waals surface area contributed by atoms with E-state index in [-0.39, 0.29) is 18.2 Å². The molecule has 6 nitrogen and oxygen atoms in total. The number of benzene rings is 1. The van der Waals surface area contributed by atoms with E-state index in [0.717, 1.165) is 16.7 Å². The van der Waals surface area contributed by atoms with Gasteiger partial charge in [0.1, 0.15) is 0 Å². The second-order valence-corrected chi connectivity index (χ2v) is 7.44. The molecular weight excluding hydrogens is 326 g/mol. The summed E-state index contributed by atoms with van der Waals surface area (Å²) in [6, 6.07) is 9.12. The molecule has 1 heterocycles. The topological polar surface area (TPSA) is 88.2 Å². The molecule has 0 fully saturated rings. The number of rotatable bonds is 7. The molecule has 0 aliphatic carbocycles. The van der Waals surface area contributed by atoms with Crippen LogP contribution >= 0.6 is 0 Å². The quantitative estimate of drug-likeness (QED) is 0.793. The largest absolute Gasteiger partial charge is 0.351 e. The van der Waals surface area contributed by atoms with E-state index in [0.29, 0.717) is 12.1 Å². The molecule has 7 heteroatoms. The molecule has 0 radical (unpaired) electrons. The monoisotopic (exact) mass is 347 g/mol. The van der Waals surface area contributed by atoms with Crippen molar-refractivity contribution in [2.45, 2.75) is 26.1 Å². The number of hydrogen-bond donors (Lipinski definition) is 2.